The van der Waals surface area contributed by atoms with Crippen LogP contribution in [0.5, 0.6) is 5.75 Å². The second-order valence-electron chi connectivity index (χ2n) is 5.18. The van der Waals surface area contributed by atoms with Crippen LogP contribution in [0, 0.1) is 5.82 Å². The fourth-order valence-electron chi connectivity index (χ4n) is 1.97. The quantitative estimate of drug-likeness (QED) is 0.288. The van der Waals surface area contributed by atoms with Crippen LogP contribution >= 0.6 is 35.6 Å². The molecule has 8 heteroatoms. The van der Waals surface area contributed by atoms with E-state index in [9.17, 15) is 4.39 Å². The molecule has 2 aromatic rings. The van der Waals surface area contributed by atoms with E-state index >= 15 is 0 Å². The molecule has 1 heterocycles. The van der Waals surface area contributed by atoms with Crippen LogP contribution in [0.25, 0.3) is 0 Å². The van der Waals surface area contributed by atoms with E-state index in [4.69, 9.17) is 16.3 Å². The Morgan fingerprint density at radius 3 is 2.76 bits per heavy atom. The lowest BCUT2D eigenvalue weighted by molar-refractivity contribution is 0.223. The van der Waals surface area contributed by atoms with Gasteiger partial charge < -0.3 is 15.4 Å². The highest BCUT2D eigenvalue weighted by molar-refractivity contribution is 14.0. The Bertz CT molecular complexity index is 685. The molecule has 5 nitrogen and oxygen atoms in total. The van der Waals surface area contributed by atoms with Gasteiger partial charge >= 0.3 is 0 Å². The van der Waals surface area contributed by atoms with Crippen molar-refractivity contribution in [1.82, 2.24) is 15.6 Å². The number of nitrogens with zero attached hydrogens (tertiary/aromatic N) is 2. The molecule has 2 N–H and O–H groups in total. The zero-order chi connectivity index (χ0) is 17.4. The summed E-state index contributed by atoms with van der Waals surface area (Å²) in [5, 5.41) is 6.80. The highest BCUT2D eigenvalue weighted by Gasteiger charge is 2.06. The molecule has 25 heavy (non-hydrogen) atoms. The number of ether oxygens (including phenoxy) is 1. The van der Waals surface area contributed by atoms with E-state index in [1.165, 1.54) is 12.1 Å². The summed E-state index contributed by atoms with van der Waals surface area (Å²) in [4.78, 5) is 8.17. The SMILES string of the molecule is CN=C(NCc1ccc(Cl)nc1)NCC(C)Oc1cccc(F)c1.I. The summed E-state index contributed by atoms with van der Waals surface area (Å²) in [6, 6.07) is 9.71. The third-order valence-electron chi connectivity index (χ3n) is 3.16. The van der Waals surface area contributed by atoms with Gasteiger partial charge in [0.15, 0.2) is 5.96 Å². The summed E-state index contributed by atoms with van der Waals surface area (Å²) >= 11 is 5.76. The van der Waals surface area contributed by atoms with Gasteiger partial charge in [-0.15, -0.1) is 24.0 Å². The molecular formula is C17H21ClFIN4O. The Balaban J connectivity index is 0.00000312. The number of aliphatic imine (C=N–C) groups is 1. The van der Waals surface area contributed by atoms with Gasteiger partial charge in [0, 0.05) is 25.9 Å². The van der Waals surface area contributed by atoms with Crippen LogP contribution in [0.3, 0.4) is 0 Å². The van der Waals surface area contributed by atoms with Crippen molar-refractivity contribution in [1.29, 1.82) is 0 Å². The van der Waals surface area contributed by atoms with Crippen molar-refractivity contribution in [2.75, 3.05) is 13.6 Å². The summed E-state index contributed by atoms with van der Waals surface area (Å²) in [6.45, 7) is 2.99. The average Bonchev–Trinajstić information content (AvgIpc) is 2.56. The first-order valence-corrected chi connectivity index (χ1v) is 7.92. The second-order valence-corrected chi connectivity index (χ2v) is 5.57. The van der Waals surface area contributed by atoms with Crippen molar-refractivity contribution in [3.8, 4) is 5.75 Å². The highest BCUT2D eigenvalue weighted by Crippen LogP contribution is 2.13. The lowest BCUT2D eigenvalue weighted by atomic mass is 10.3. The van der Waals surface area contributed by atoms with Crippen molar-refractivity contribution >= 4 is 41.5 Å². The number of halogens is 3. The molecule has 0 saturated carbocycles. The lowest BCUT2D eigenvalue weighted by Crippen LogP contribution is -2.41. The van der Waals surface area contributed by atoms with Crippen molar-refractivity contribution in [2.24, 2.45) is 4.99 Å². The molecule has 1 aromatic heterocycles. The number of aromatic nitrogens is 1. The van der Waals surface area contributed by atoms with E-state index in [-0.39, 0.29) is 35.9 Å². The minimum Gasteiger partial charge on any atom is -0.489 e. The lowest BCUT2D eigenvalue weighted by Gasteiger charge is -2.17. The van der Waals surface area contributed by atoms with Gasteiger partial charge in [0.05, 0.1) is 6.54 Å². The maximum absolute atomic E-state index is 13.1. The van der Waals surface area contributed by atoms with Crippen LogP contribution in [0.2, 0.25) is 5.15 Å². The number of guanidine groups is 1. The van der Waals surface area contributed by atoms with Gasteiger partial charge in [-0.25, -0.2) is 9.37 Å². The van der Waals surface area contributed by atoms with E-state index in [1.54, 1.807) is 31.4 Å². The Labute approximate surface area is 169 Å². The first-order valence-electron chi connectivity index (χ1n) is 7.54. The predicted molar refractivity (Wildman–Crippen MR) is 109 cm³/mol. The van der Waals surface area contributed by atoms with E-state index in [0.29, 0.717) is 30.0 Å². The fourth-order valence-corrected chi connectivity index (χ4v) is 2.08. The molecule has 0 aliphatic heterocycles. The molecule has 0 aliphatic rings. The summed E-state index contributed by atoms with van der Waals surface area (Å²) in [5.41, 5.74) is 0.992. The van der Waals surface area contributed by atoms with E-state index in [1.807, 2.05) is 13.0 Å². The van der Waals surface area contributed by atoms with Crippen LogP contribution in [0.4, 0.5) is 4.39 Å². The number of nitrogens with one attached hydrogen (secondary N) is 2. The number of hydrogen-bond donors (Lipinski definition) is 2. The molecule has 0 radical (unpaired) electrons. The molecule has 136 valence electrons. The molecule has 0 bridgehead atoms. The number of pyridine rings is 1. The summed E-state index contributed by atoms with van der Waals surface area (Å²) < 4.78 is 18.8. The van der Waals surface area contributed by atoms with Gasteiger partial charge in [-0.3, -0.25) is 4.99 Å². The Hall–Kier alpha value is -1.61. The normalized spacial score (nSPS) is 12.1. The van der Waals surface area contributed by atoms with Crippen LogP contribution in [-0.4, -0.2) is 30.6 Å². The average molecular weight is 479 g/mol. The summed E-state index contributed by atoms with van der Waals surface area (Å²) in [7, 11) is 1.69. The molecule has 1 unspecified atom stereocenters. The second kappa shape index (κ2) is 11.1. The summed E-state index contributed by atoms with van der Waals surface area (Å²) in [5.74, 6) is 0.820. The Morgan fingerprint density at radius 1 is 1.32 bits per heavy atom. The van der Waals surface area contributed by atoms with Gasteiger partial charge in [0.1, 0.15) is 22.8 Å². The fraction of sp³-hybridized carbons (Fsp3) is 0.294. The Morgan fingerprint density at radius 2 is 2.12 bits per heavy atom. The molecule has 1 atom stereocenters. The van der Waals surface area contributed by atoms with E-state index in [0.717, 1.165) is 5.56 Å². The van der Waals surface area contributed by atoms with Gasteiger partial charge in [0.25, 0.3) is 0 Å². The van der Waals surface area contributed by atoms with Crippen molar-refractivity contribution in [2.45, 2.75) is 19.6 Å². The molecule has 0 aliphatic carbocycles. The first-order chi connectivity index (χ1) is 11.6. The monoisotopic (exact) mass is 478 g/mol. The maximum atomic E-state index is 13.1. The van der Waals surface area contributed by atoms with E-state index < -0.39 is 0 Å². The zero-order valence-electron chi connectivity index (χ0n) is 14.0. The molecule has 1 aromatic carbocycles. The highest BCUT2D eigenvalue weighted by atomic mass is 127. The van der Waals surface area contributed by atoms with Crippen LogP contribution in [0.1, 0.15) is 12.5 Å². The molecule has 0 spiro atoms. The van der Waals surface area contributed by atoms with E-state index in [2.05, 4.69) is 20.6 Å². The van der Waals surface area contributed by atoms with Gasteiger partial charge in [-0.05, 0) is 30.7 Å². The maximum Gasteiger partial charge on any atom is 0.191 e. The van der Waals surface area contributed by atoms with Gasteiger partial charge in [-0.2, -0.15) is 0 Å². The molecule has 2 rings (SSSR count). The smallest absolute Gasteiger partial charge is 0.191 e. The topological polar surface area (TPSA) is 58.5 Å². The standard InChI is InChI=1S/C17H20ClFN4O.HI/c1-12(24-15-5-3-4-14(19)8-15)9-22-17(20-2)23-11-13-6-7-16(18)21-10-13;/h3-8,10,12H,9,11H2,1-2H3,(H2,20,22,23);1H. The number of rotatable bonds is 6. The van der Waals surface area contributed by atoms with Crippen molar-refractivity contribution in [3.63, 3.8) is 0 Å². The first kappa shape index (κ1) is 21.4. The minimum atomic E-state index is -0.318. The summed E-state index contributed by atoms with van der Waals surface area (Å²) in [6.07, 6.45) is 1.56. The third kappa shape index (κ3) is 7.87. The van der Waals surface area contributed by atoms with Gasteiger partial charge in [0.2, 0.25) is 0 Å². The zero-order valence-corrected chi connectivity index (χ0v) is 17.1. The molecule has 0 fully saturated rings. The minimum absolute atomic E-state index is 0. The largest absolute Gasteiger partial charge is 0.489 e. The predicted octanol–water partition coefficient (Wildman–Crippen LogP) is 3.62. The molecule has 0 amide bonds. The number of benzene rings is 1. The Kier molecular flexibility index (Phi) is 9.51. The third-order valence-corrected chi connectivity index (χ3v) is 3.39. The molecule has 0 saturated heterocycles. The van der Waals surface area contributed by atoms with Crippen LogP contribution in [-0.2, 0) is 6.54 Å². The van der Waals surface area contributed by atoms with Crippen molar-refractivity contribution in [3.05, 3.63) is 59.1 Å². The number of hydrogen-bond acceptors (Lipinski definition) is 3. The van der Waals surface area contributed by atoms with Crippen molar-refractivity contribution < 1.29 is 9.13 Å². The molecular weight excluding hydrogens is 458 g/mol. The van der Waals surface area contributed by atoms with Crippen LogP contribution < -0.4 is 15.4 Å². The van der Waals surface area contributed by atoms with Gasteiger partial charge in [-0.1, -0.05) is 23.7 Å². The van der Waals surface area contributed by atoms with Crippen LogP contribution in [0.15, 0.2) is 47.6 Å².